The molecule has 1 atom stereocenters. The lowest BCUT2D eigenvalue weighted by Crippen LogP contribution is -2.44. The number of rotatable bonds is 3. The Morgan fingerprint density at radius 2 is 1.48 bits per heavy atom. The molecule has 4 nitrogen and oxygen atoms in total. The molecule has 0 aromatic heterocycles. The second-order valence-corrected chi connectivity index (χ2v) is 6.14. The van der Waals surface area contributed by atoms with Crippen molar-refractivity contribution in [2.45, 2.75) is 12.3 Å². The fourth-order valence-electron chi connectivity index (χ4n) is 3.37. The third kappa shape index (κ3) is 2.39. The molecule has 0 radical (unpaired) electrons. The number of fused-ring (bicyclic) bond motifs is 1. The molecule has 0 bridgehead atoms. The van der Waals surface area contributed by atoms with E-state index in [9.17, 15) is 15.0 Å². The van der Waals surface area contributed by atoms with Crippen molar-refractivity contribution in [1.82, 2.24) is 4.90 Å². The lowest BCUT2D eigenvalue weighted by atomic mass is 9.93. The van der Waals surface area contributed by atoms with Crippen molar-refractivity contribution in [1.29, 1.82) is 0 Å². The average Bonchev–Trinajstić information content (AvgIpc) is 2.86. The van der Waals surface area contributed by atoms with E-state index in [1.165, 1.54) is 17.0 Å². The zero-order valence-electron chi connectivity index (χ0n) is 13.5. The van der Waals surface area contributed by atoms with Crippen molar-refractivity contribution in [3.05, 3.63) is 101 Å². The molecule has 4 rings (SSSR count). The maximum absolute atomic E-state index is 13.0. The molecule has 0 spiro atoms. The first kappa shape index (κ1) is 15.4. The van der Waals surface area contributed by atoms with Crippen LogP contribution in [0, 0.1) is 0 Å². The molecule has 124 valence electrons. The molecule has 1 aliphatic heterocycles. The maximum atomic E-state index is 13.0. The molecule has 4 heteroatoms. The second-order valence-electron chi connectivity index (χ2n) is 6.14. The molecule has 1 heterocycles. The van der Waals surface area contributed by atoms with Gasteiger partial charge in [-0.15, -0.1) is 0 Å². The van der Waals surface area contributed by atoms with Gasteiger partial charge in [0.2, 0.25) is 0 Å². The van der Waals surface area contributed by atoms with Crippen LogP contribution in [0.3, 0.4) is 0 Å². The standard InChI is InChI=1S/C21H17NO3/c23-17-12-10-16(11-13-17)21(25)19-9-5-4-8-18(19)20(24)22(21)14-15-6-2-1-3-7-15/h1-13,23,25H,14H2. The smallest absolute Gasteiger partial charge is 0.257 e. The van der Waals surface area contributed by atoms with Crippen molar-refractivity contribution in [2.75, 3.05) is 0 Å². The Morgan fingerprint density at radius 3 is 2.20 bits per heavy atom. The first-order chi connectivity index (χ1) is 12.1. The van der Waals surface area contributed by atoms with E-state index in [0.717, 1.165) is 5.56 Å². The van der Waals surface area contributed by atoms with Gasteiger partial charge in [0.15, 0.2) is 5.72 Å². The van der Waals surface area contributed by atoms with Crippen molar-refractivity contribution < 1.29 is 15.0 Å². The summed E-state index contributed by atoms with van der Waals surface area (Å²) in [6.45, 7) is 0.283. The normalized spacial score (nSPS) is 19.1. The zero-order chi connectivity index (χ0) is 17.4. The molecule has 3 aromatic rings. The van der Waals surface area contributed by atoms with Crippen LogP contribution < -0.4 is 0 Å². The summed E-state index contributed by atoms with van der Waals surface area (Å²) < 4.78 is 0. The van der Waals surface area contributed by atoms with Crippen LogP contribution in [0.4, 0.5) is 0 Å². The molecule has 0 saturated carbocycles. The van der Waals surface area contributed by atoms with E-state index < -0.39 is 5.72 Å². The van der Waals surface area contributed by atoms with Gasteiger partial charge in [0.1, 0.15) is 5.75 Å². The highest BCUT2D eigenvalue weighted by Gasteiger charge is 2.49. The number of carbonyl (C=O) groups excluding carboxylic acids is 1. The predicted molar refractivity (Wildman–Crippen MR) is 93.9 cm³/mol. The number of aromatic hydroxyl groups is 1. The topological polar surface area (TPSA) is 60.8 Å². The SMILES string of the molecule is O=C1c2ccccc2C(O)(c2ccc(O)cc2)N1Cc1ccccc1. The predicted octanol–water partition coefficient (Wildman–Crippen LogP) is 3.24. The van der Waals surface area contributed by atoms with Crippen molar-refractivity contribution >= 4 is 5.91 Å². The van der Waals surface area contributed by atoms with Gasteiger partial charge in [0.25, 0.3) is 5.91 Å². The molecule has 0 aliphatic carbocycles. The summed E-state index contributed by atoms with van der Waals surface area (Å²) in [5.74, 6) is -0.102. The summed E-state index contributed by atoms with van der Waals surface area (Å²) in [4.78, 5) is 14.4. The molecule has 0 saturated heterocycles. The quantitative estimate of drug-likeness (QED) is 0.774. The van der Waals surface area contributed by atoms with Gasteiger partial charge in [-0.2, -0.15) is 0 Å². The fraction of sp³-hybridized carbons (Fsp3) is 0.0952. The van der Waals surface area contributed by atoms with Crippen LogP contribution in [0.15, 0.2) is 78.9 Å². The van der Waals surface area contributed by atoms with E-state index in [-0.39, 0.29) is 18.2 Å². The van der Waals surface area contributed by atoms with Crippen molar-refractivity contribution in [2.24, 2.45) is 0 Å². The fourth-order valence-corrected chi connectivity index (χ4v) is 3.37. The molecular formula is C21H17NO3. The minimum absolute atomic E-state index is 0.111. The first-order valence-corrected chi connectivity index (χ1v) is 8.08. The Bertz CT molecular complexity index is 921. The summed E-state index contributed by atoms with van der Waals surface area (Å²) in [6.07, 6.45) is 0. The van der Waals surface area contributed by atoms with Crippen molar-refractivity contribution in [3.8, 4) is 5.75 Å². The number of phenols is 1. The number of hydrogen-bond acceptors (Lipinski definition) is 3. The summed E-state index contributed by atoms with van der Waals surface area (Å²) in [7, 11) is 0. The third-order valence-corrected chi connectivity index (χ3v) is 4.62. The Hall–Kier alpha value is -3.11. The second kappa shape index (κ2) is 5.76. The number of aliphatic hydroxyl groups is 1. The van der Waals surface area contributed by atoms with Crippen LogP contribution in [0.25, 0.3) is 0 Å². The largest absolute Gasteiger partial charge is 0.508 e. The molecule has 1 amide bonds. The summed E-state index contributed by atoms with van der Waals surface area (Å²) >= 11 is 0. The minimum atomic E-state index is -1.57. The monoisotopic (exact) mass is 331 g/mol. The molecule has 3 aromatic carbocycles. The molecule has 25 heavy (non-hydrogen) atoms. The van der Waals surface area contributed by atoms with E-state index in [2.05, 4.69) is 0 Å². The van der Waals surface area contributed by atoms with Gasteiger partial charge in [-0.1, -0.05) is 60.7 Å². The van der Waals surface area contributed by atoms with E-state index in [1.807, 2.05) is 36.4 Å². The van der Waals surface area contributed by atoms with Crippen LogP contribution in [-0.4, -0.2) is 21.0 Å². The number of nitrogens with zero attached hydrogens (tertiary/aromatic N) is 1. The Labute approximate surface area is 145 Å². The number of carbonyl (C=O) groups is 1. The van der Waals surface area contributed by atoms with Gasteiger partial charge < -0.3 is 10.2 Å². The van der Waals surface area contributed by atoms with Crippen LogP contribution in [-0.2, 0) is 12.3 Å². The summed E-state index contributed by atoms with van der Waals surface area (Å²) in [5.41, 5.74) is 0.952. The van der Waals surface area contributed by atoms with E-state index in [1.54, 1.807) is 30.3 Å². The van der Waals surface area contributed by atoms with Gasteiger partial charge in [0, 0.05) is 23.2 Å². The number of hydrogen-bond donors (Lipinski definition) is 2. The van der Waals surface area contributed by atoms with E-state index in [4.69, 9.17) is 0 Å². The zero-order valence-corrected chi connectivity index (χ0v) is 13.5. The molecule has 2 N–H and O–H groups in total. The summed E-state index contributed by atoms with van der Waals surface area (Å²) in [6, 6.07) is 23.0. The average molecular weight is 331 g/mol. The van der Waals surface area contributed by atoms with Crippen LogP contribution in [0.2, 0.25) is 0 Å². The van der Waals surface area contributed by atoms with Gasteiger partial charge in [-0.25, -0.2) is 0 Å². The Balaban J connectivity index is 1.87. The van der Waals surface area contributed by atoms with Gasteiger partial charge in [-0.3, -0.25) is 9.69 Å². The highest BCUT2D eigenvalue weighted by Crippen LogP contribution is 2.43. The highest BCUT2D eigenvalue weighted by molar-refractivity contribution is 6.00. The van der Waals surface area contributed by atoms with Crippen molar-refractivity contribution in [3.63, 3.8) is 0 Å². The van der Waals surface area contributed by atoms with E-state index >= 15 is 0 Å². The van der Waals surface area contributed by atoms with Crippen LogP contribution >= 0.6 is 0 Å². The Kier molecular flexibility index (Phi) is 3.55. The Morgan fingerprint density at radius 1 is 0.840 bits per heavy atom. The number of amides is 1. The molecular weight excluding hydrogens is 314 g/mol. The third-order valence-electron chi connectivity index (χ3n) is 4.62. The lowest BCUT2D eigenvalue weighted by molar-refractivity contribution is -0.0543. The van der Waals surface area contributed by atoms with Crippen LogP contribution in [0.1, 0.15) is 27.0 Å². The van der Waals surface area contributed by atoms with Gasteiger partial charge in [-0.05, 0) is 23.8 Å². The maximum Gasteiger partial charge on any atom is 0.257 e. The van der Waals surface area contributed by atoms with Gasteiger partial charge in [0.05, 0.1) is 0 Å². The number of phenolic OH excluding ortho intramolecular Hbond substituents is 1. The highest BCUT2D eigenvalue weighted by atomic mass is 16.3. The molecule has 1 unspecified atom stereocenters. The first-order valence-electron chi connectivity index (χ1n) is 8.08. The van der Waals surface area contributed by atoms with Gasteiger partial charge >= 0.3 is 0 Å². The lowest BCUT2D eigenvalue weighted by Gasteiger charge is -2.35. The summed E-state index contributed by atoms with van der Waals surface area (Å²) in [5, 5.41) is 21.2. The molecule has 0 fully saturated rings. The van der Waals surface area contributed by atoms with E-state index in [0.29, 0.717) is 16.7 Å². The minimum Gasteiger partial charge on any atom is -0.508 e. The van der Waals surface area contributed by atoms with Crippen LogP contribution in [0.5, 0.6) is 5.75 Å². The molecule has 1 aliphatic rings. The number of benzene rings is 3.